The lowest BCUT2D eigenvalue weighted by Gasteiger charge is -2.03. The maximum Gasteiger partial charge on any atom is 0.125 e. The lowest BCUT2D eigenvalue weighted by Crippen LogP contribution is -1.94. The Morgan fingerprint density at radius 2 is 2.24 bits per heavy atom. The summed E-state index contributed by atoms with van der Waals surface area (Å²) >= 11 is 1.77. The summed E-state index contributed by atoms with van der Waals surface area (Å²) in [5.74, 6) is 1.81. The Kier molecular flexibility index (Phi) is 3.68. The van der Waals surface area contributed by atoms with Crippen molar-refractivity contribution >= 4 is 17.6 Å². The van der Waals surface area contributed by atoms with Gasteiger partial charge in [0.15, 0.2) is 0 Å². The minimum Gasteiger partial charge on any atom is -0.373 e. The monoisotopic (exact) mass is 248 g/mol. The molecule has 0 saturated carbocycles. The van der Waals surface area contributed by atoms with E-state index in [1.54, 1.807) is 11.8 Å². The van der Waals surface area contributed by atoms with Crippen molar-refractivity contribution < 1.29 is 0 Å². The molecule has 2 rings (SSSR count). The molecule has 2 aromatic rings. The highest BCUT2D eigenvalue weighted by atomic mass is 32.2. The van der Waals surface area contributed by atoms with Gasteiger partial charge in [0.05, 0.1) is 10.7 Å². The van der Waals surface area contributed by atoms with Crippen LogP contribution in [0.1, 0.15) is 11.3 Å². The van der Waals surface area contributed by atoms with Gasteiger partial charge in [-0.25, -0.2) is 4.98 Å². The Hall–Kier alpha value is -1.49. The standard InChI is InChI=1S/C12H16N4S/c1-9-6-12(16(3)15-9)17-8-10-4-5-11(13-2)14-7-10/h4-7H,8H2,1-3H3,(H,13,14). The van der Waals surface area contributed by atoms with Crippen molar-refractivity contribution in [2.24, 2.45) is 7.05 Å². The Balaban J connectivity index is 1.99. The zero-order chi connectivity index (χ0) is 12.3. The minimum atomic E-state index is 0.898. The summed E-state index contributed by atoms with van der Waals surface area (Å²) < 4.78 is 1.91. The van der Waals surface area contributed by atoms with Crippen LogP contribution in [-0.4, -0.2) is 21.8 Å². The molecule has 0 atom stereocenters. The molecular formula is C12H16N4S. The minimum absolute atomic E-state index is 0.898. The third-order valence-corrected chi connectivity index (χ3v) is 3.58. The lowest BCUT2D eigenvalue weighted by atomic mass is 10.3. The molecular weight excluding hydrogens is 232 g/mol. The van der Waals surface area contributed by atoms with Gasteiger partial charge >= 0.3 is 0 Å². The van der Waals surface area contributed by atoms with E-state index in [1.807, 2.05) is 38.0 Å². The zero-order valence-electron chi connectivity index (χ0n) is 10.3. The second kappa shape index (κ2) is 5.23. The van der Waals surface area contributed by atoms with E-state index in [9.17, 15) is 0 Å². The van der Waals surface area contributed by atoms with E-state index >= 15 is 0 Å². The number of rotatable bonds is 4. The first-order valence-corrected chi connectivity index (χ1v) is 6.43. The van der Waals surface area contributed by atoms with Gasteiger partial charge in [0, 0.05) is 26.0 Å². The van der Waals surface area contributed by atoms with Gasteiger partial charge < -0.3 is 5.32 Å². The number of hydrogen-bond donors (Lipinski definition) is 1. The molecule has 2 aromatic heterocycles. The summed E-state index contributed by atoms with van der Waals surface area (Å²) in [6, 6.07) is 6.18. The van der Waals surface area contributed by atoms with Crippen molar-refractivity contribution in [2.75, 3.05) is 12.4 Å². The summed E-state index contributed by atoms with van der Waals surface area (Å²) in [7, 11) is 3.84. The largest absolute Gasteiger partial charge is 0.373 e. The van der Waals surface area contributed by atoms with E-state index in [0.717, 1.165) is 17.3 Å². The molecule has 0 amide bonds. The van der Waals surface area contributed by atoms with Crippen LogP contribution in [0.4, 0.5) is 5.82 Å². The normalized spacial score (nSPS) is 10.5. The van der Waals surface area contributed by atoms with Gasteiger partial charge in [-0.2, -0.15) is 5.10 Å². The smallest absolute Gasteiger partial charge is 0.125 e. The Morgan fingerprint density at radius 3 is 2.76 bits per heavy atom. The SMILES string of the molecule is CNc1ccc(CSc2cc(C)nn2C)cn1. The summed E-state index contributed by atoms with van der Waals surface area (Å²) in [4.78, 5) is 4.29. The zero-order valence-corrected chi connectivity index (χ0v) is 11.1. The maximum atomic E-state index is 4.32. The van der Waals surface area contributed by atoms with E-state index < -0.39 is 0 Å². The molecule has 0 aliphatic carbocycles. The number of hydrogen-bond acceptors (Lipinski definition) is 4. The Bertz CT molecular complexity index is 490. The molecule has 0 bridgehead atoms. The first-order chi connectivity index (χ1) is 8.19. The molecule has 0 aliphatic rings. The molecule has 2 heterocycles. The second-order valence-electron chi connectivity index (χ2n) is 3.84. The Morgan fingerprint density at radius 1 is 1.41 bits per heavy atom. The predicted molar refractivity (Wildman–Crippen MR) is 71.3 cm³/mol. The number of pyridine rings is 1. The van der Waals surface area contributed by atoms with Gasteiger partial charge in [-0.3, -0.25) is 4.68 Å². The van der Waals surface area contributed by atoms with Crippen LogP contribution >= 0.6 is 11.8 Å². The molecule has 1 N–H and O–H groups in total. The van der Waals surface area contributed by atoms with E-state index in [4.69, 9.17) is 0 Å². The fourth-order valence-corrected chi connectivity index (χ4v) is 2.50. The molecule has 17 heavy (non-hydrogen) atoms. The number of thioether (sulfide) groups is 1. The number of nitrogens with one attached hydrogen (secondary N) is 1. The first-order valence-electron chi connectivity index (χ1n) is 5.45. The summed E-state index contributed by atoms with van der Waals surface area (Å²) in [5, 5.41) is 8.51. The van der Waals surface area contributed by atoms with Crippen molar-refractivity contribution in [1.82, 2.24) is 14.8 Å². The molecule has 0 unspecified atom stereocenters. The van der Waals surface area contributed by atoms with Crippen molar-refractivity contribution in [1.29, 1.82) is 0 Å². The van der Waals surface area contributed by atoms with E-state index in [1.165, 1.54) is 10.6 Å². The van der Waals surface area contributed by atoms with Crippen LogP contribution in [0.25, 0.3) is 0 Å². The number of aryl methyl sites for hydroxylation is 2. The third kappa shape index (κ3) is 3.00. The number of aromatic nitrogens is 3. The second-order valence-corrected chi connectivity index (χ2v) is 4.83. The molecule has 0 fully saturated rings. The maximum absolute atomic E-state index is 4.32. The molecule has 90 valence electrons. The van der Waals surface area contributed by atoms with Crippen LogP contribution in [0.2, 0.25) is 0 Å². The summed E-state index contributed by atoms with van der Waals surface area (Å²) in [5.41, 5.74) is 2.27. The molecule has 4 nitrogen and oxygen atoms in total. The van der Waals surface area contributed by atoms with Crippen molar-refractivity contribution in [3.8, 4) is 0 Å². The van der Waals surface area contributed by atoms with E-state index in [-0.39, 0.29) is 0 Å². The van der Waals surface area contributed by atoms with Gasteiger partial charge in [-0.1, -0.05) is 6.07 Å². The van der Waals surface area contributed by atoms with Crippen LogP contribution < -0.4 is 5.32 Å². The van der Waals surface area contributed by atoms with Crippen LogP contribution in [0.3, 0.4) is 0 Å². The molecule has 0 aromatic carbocycles. The number of nitrogens with zero attached hydrogens (tertiary/aromatic N) is 3. The average Bonchev–Trinajstić information content (AvgIpc) is 2.66. The molecule has 0 saturated heterocycles. The predicted octanol–water partition coefficient (Wildman–Crippen LogP) is 2.46. The van der Waals surface area contributed by atoms with Gasteiger partial charge in [0.1, 0.15) is 5.82 Å². The fourth-order valence-electron chi connectivity index (χ4n) is 1.54. The highest BCUT2D eigenvalue weighted by molar-refractivity contribution is 7.98. The summed E-state index contributed by atoms with van der Waals surface area (Å²) in [6.45, 7) is 2.01. The van der Waals surface area contributed by atoms with Crippen LogP contribution in [0.15, 0.2) is 29.4 Å². The fraction of sp³-hybridized carbons (Fsp3) is 0.333. The van der Waals surface area contributed by atoms with Crippen molar-refractivity contribution in [3.63, 3.8) is 0 Å². The quantitative estimate of drug-likeness (QED) is 0.844. The van der Waals surface area contributed by atoms with E-state index in [2.05, 4.69) is 27.5 Å². The topological polar surface area (TPSA) is 42.7 Å². The number of anilines is 1. The van der Waals surface area contributed by atoms with Crippen LogP contribution in [0, 0.1) is 6.92 Å². The molecule has 0 spiro atoms. The van der Waals surface area contributed by atoms with Crippen LogP contribution in [0.5, 0.6) is 0 Å². The summed E-state index contributed by atoms with van der Waals surface area (Å²) in [6.07, 6.45) is 1.90. The molecule has 0 aliphatic heterocycles. The lowest BCUT2D eigenvalue weighted by molar-refractivity contribution is 0.692. The first kappa shape index (κ1) is 12.0. The van der Waals surface area contributed by atoms with Crippen LogP contribution in [-0.2, 0) is 12.8 Å². The Labute approximate surface area is 105 Å². The van der Waals surface area contributed by atoms with E-state index in [0.29, 0.717) is 0 Å². The van der Waals surface area contributed by atoms with Crippen molar-refractivity contribution in [3.05, 3.63) is 35.7 Å². The third-order valence-electron chi connectivity index (χ3n) is 2.43. The average molecular weight is 248 g/mol. The van der Waals surface area contributed by atoms with Gasteiger partial charge in [-0.05, 0) is 24.6 Å². The van der Waals surface area contributed by atoms with Gasteiger partial charge in [-0.15, -0.1) is 11.8 Å². The molecule has 5 heteroatoms. The molecule has 0 radical (unpaired) electrons. The van der Waals surface area contributed by atoms with Crippen molar-refractivity contribution in [2.45, 2.75) is 17.7 Å². The highest BCUT2D eigenvalue weighted by Crippen LogP contribution is 2.22. The highest BCUT2D eigenvalue weighted by Gasteiger charge is 2.03. The van der Waals surface area contributed by atoms with Gasteiger partial charge in [0.25, 0.3) is 0 Å². The van der Waals surface area contributed by atoms with Gasteiger partial charge in [0.2, 0.25) is 0 Å².